The van der Waals surface area contributed by atoms with Gasteiger partial charge in [-0.15, -0.1) is 0 Å². The van der Waals surface area contributed by atoms with Crippen LogP contribution in [0.15, 0.2) is 24.3 Å². The van der Waals surface area contributed by atoms with E-state index in [9.17, 15) is 13.2 Å². The van der Waals surface area contributed by atoms with Crippen LogP contribution in [0.25, 0.3) is 0 Å². The molecule has 1 aromatic rings. The van der Waals surface area contributed by atoms with Crippen LogP contribution >= 0.6 is 0 Å². The molecule has 1 aliphatic rings. The zero-order valence-electron chi connectivity index (χ0n) is 16.5. The maximum absolute atomic E-state index is 12.3. The molecule has 1 heterocycles. The van der Waals surface area contributed by atoms with Gasteiger partial charge in [0.1, 0.15) is 12.4 Å². The minimum Gasteiger partial charge on any atom is -0.492 e. The van der Waals surface area contributed by atoms with Crippen molar-refractivity contribution in [1.82, 2.24) is 13.9 Å². The smallest absolute Gasteiger partial charge is 0.281 e. The van der Waals surface area contributed by atoms with Crippen molar-refractivity contribution < 1.29 is 17.9 Å². The van der Waals surface area contributed by atoms with Gasteiger partial charge >= 0.3 is 0 Å². The summed E-state index contributed by atoms with van der Waals surface area (Å²) in [6, 6.07) is 8.03. The molecule has 0 unspecified atom stereocenters. The van der Waals surface area contributed by atoms with E-state index in [2.05, 4.69) is 24.4 Å². The quantitative estimate of drug-likeness (QED) is 0.643. The van der Waals surface area contributed by atoms with Crippen LogP contribution in [0, 0.1) is 5.92 Å². The number of piperidine rings is 1. The minimum absolute atomic E-state index is 0.0289. The first-order valence-corrected chi connectivity index (χ1v) is 10.9. The summed E-state index contributed by atoms with van der Waals surface area (Å²) in [5, 5.41) is 2.89. The summed E-state index contributed by atoms with van der Waals surface area (Å²) in [5.41, 5.74) is 1.29. The van der Waals surface area contributed by atoms with Gasteiger partial charge in [0.15, 0.2) is 0 Å². The Morgan fingerprint density at radius 2 is 1.85 bits per heavy atom. The average molecular weight is 398 g/mol. The van der Waals surface area contributed by atoms with Crippen LogP contribution in [0.4, 0.5) is 0 Å². The number of ether oxygens (including phenoxy) is 1. The van der Waals surface area contributed by atoms with Crippen molar-refractivity contribution in [2.75, 3.05) is 40.3 Å². The molecule has 1 aliphatic heterocycles. The fourth-order valence-electron chi connectivity index (χ4n) is 3.11. The number of nitrogens with one attached hydrogen (secondary N) is 1. The number of aryl methyl sites for hydroxylation is 1. The topological polar surface area (TPSA) is 79.0 Å². The van der Waals surface area contributed by atoms with Crippen LogP contribution in [0.2, 0.25) is 0 Å². The summed E-state index contributed by atoms with van der Waals surface area (Å²) in [6.07, 6.45) is 3.26. The highest BCUT2D eigenvalue weighted by Gasteiger charge is 2.31. The third-order valence-corrected chi connectivity index (χ3v) is 6.69. The Kier molecular flexibility index (Phi) is 8.07. The van der Waals surface area contributed by atoms with Gasteiger partial charge in [-0.3, -0.25) is 4.79 Å². The lowest BCUT2D eigenvalue weighted by Crippen LogP contribution is -2.47. The van der Waals surface area contributed by atoms with Crippen molar-refractivity contribution in [3.63, 3.8) is 0 Å². The second kappa shape index (κ2) is 10.1. The van der Waals surface area contributed by atoms with E-state index >= 15 is 0 Å². The van der Waals surface area contributed by atoms with Crippen LogP contribution in [-0.4, -0.2) is 63.3 Å². The van der Waals surface area contributed by atoms with Gasteiger partial charge in [-0.25, -0.2) is 0 Å². The molecule has 1 saturated heterocycles. The molecule has 8 heteroatoms. The van der Waals surface area contributed by atoms with Gasteiger partial charge in [-0.05, 0) is 37.0 Å². The predicted octanol–water partition coefficient (Wildman–Crippen LogP) is 1.65. The Morgan fingerprint density at radius 3 is 2.41 bits per heavy atom. The molecule has 0 bridgehead atoms. The summed E-state index contributed by atoms with van der Waals surface area (Å²) in [5.74, 6) is 0.622. The molecule has 2 rings (SSSR count). The standard InChI is InChI=1S/C19H31N3O4S/c1-4-5-16-6-8-18(9-7-16)26-15-12-20-19(23)17-10-13-22(14-11-17)27(24,25)21(2)3/h6-9,17H,4-5,10-15H2,1-3H3,(H,20,23). The van der Waals surface area contributed by atoms with Crippen LogP contribution in [-0.2, 0) is 21.4 Å². The predicted molar refractivity (Wildman–Crippen MR) is 106 cm³/mol. The molecular formula is C19H31N3O4S. The van der Waals surface area contributed by atoms with Crippen molar-refractivity contribution in [2.24, 2.45) is 5.92 Å². The Bertz CT molecular complexity index is 696. The van der Waals surface area contributed by atoms with E-state index in [0.29, 0.717) is 39.1 Å². The van der Waals surface area contributed by atoms with Crippen molar-refractivity contribution in [1.29, 1.82) is 0 Å². The fraction of sp³-hybridized carbons (Fsp3) is 0.632. The zero-order chi connectivity index (χ0) is 19.9. The van der Waals surface area contributed by atoms with Crippen molar-refractivity contribution in [2.45, 2.75) is 32.6 Å². The molecule has 0 radical (unpaired) electrons. The molecule has 0 aliphatic carbocycles. The molecule has 1 aromatic carbocycles. The number of nitrogens with zero attached hydrogens (tertiary/aromatic N) is 2. The number of amides is 1. The number of benzene rings is 1. The molecule has 0 aromatic heterocycles. The van der Waals surface area contributed by atoms with Crippen LogP contribution < -0.4 is 10.1 Å². The summed E-state index contributed by atoms with van der Waals surface area (Å²) < 4.78 is 32.5. The monoisotopic (exact) mass is 397 g/mol. The fourth-order valence-corrected chi connectivity index (χ4v) is 4.24. The zero-order valence-corrected chi connectivity index (χ0v) is 17.3. The Hall–Kier alpha value is -1.64. The molecule has 1 fully saturated rings. The Morgan fingerprint density at radius 1 is 1.22 bits per heavy atom. The summed E-state index contributed by atoms with van der Waals surface area (Å²) >= 11 is 0. The molecule has 27 heavy (non-hydrogen) atoms. The lowest BCUT2D eigenvalue weighted by atomic mass is 9.97. The average Bonchev–Trinajstić information content (AvgIpc) is 2.66. The van der Waals surface area contributed by atoms with Gasteiger partial charge in [0.05, 0.1) is 6.54 Å². The van der Waals surface area contributed by atoms with Gasteiger partial charge in [0.2, 0.25) is 5.91 Å². The first-order chi connectivity index (χ1) is 12.8. The molecule has 152 valence electrons. The van der Waals surface area contributed by atoms with Gasteiger partial charge in [-0.2, -0.15) is 17.0 Å². The number of carbonyl (C=O) groups excluding carboxylic acids is 1. The minimum atomic E-state index is -3.39. The highest BCUT2D eigenvalue weighted by atomic mass is 32.2. The first-order valence-electron chi connectivity index (χ1n) is 9.51. The Balaban J connectivity index is 1.68. The van der Waals surface area contributed by atoms with E-state index in [1.54, 1.807) is 0 Å². The molecule has 7 nitrogen and oxygen atoms in total. The van der Waals surface area contributed by atoms with Gasteiger partial charge in [0, 0.05) is 33.1 Å². The number of carbonyl (C=O) groups is 1. The maximum atomic E-state index is 12.3. The maximum Gasteiger partial charge on any atom is 0.281 e. The van der Waals surface area contributed by atoms with Gasteiger partial charge < -0.3 is 10.1 Å². The second-order valence-corrected chi connectivity index (χ2v) is 9.14. The van der Waals surface area contributed by atoms with Crippen molar-refractivity contribution >= 4 is 16.1 Å². The van der Waals surface area contributed by atoms with Crippen LogP contribution in [0.3, 0.4) is 0 Å². The Labute approximate surface area is 162 Å². The van der Waals surface area contributed by atoms with E-state index in [-0.39, 0.29) is 11.8 Å². The van der Waals surface area contributed by atoms with Crippen molar-refractivity contribution in [3.8, 4) is 5.75 Å². The molecular weight excluding hydrogens is 366 g/mol. The largest absolute Gasteiger partial charge is 0.492 e. The van der Waals surface area contributed by atoms with E-state index in [4.69, 9.17) is 4.74 Å². The highest BCUT2D eigenvalue weighted by molar-refractivity contribution is 7.86. The third kappa shape index (κ3) is 6.19. The molecule has 0 saturated carbocycles. The van der Waals surface area contributed by atoms with Crippen molar-refractivity contribution in [3.05, 3.63) is 29.8 Å². The molecule has 0 atom stereocenters. The van der Waals surface area contributed by atoms with E-state index < -0.39 is 10.2 Å². The summed E-state index contributed by atoms with van der Waals surface area (Å²) in [4.78, 5) is 12.3. The van der Waals surface area contributed by atoms with Gasteiger partial charge in [0.25, 0.3) is 10.2 Å². The number of hydrogen-bond acceptors (Lipinski definition) is 4. The summed E-state index contributed by atoms with van der Waals surface area (Å²) in [7, 11) is -0.354. The molecule has 1 amide bonds. The molecule has 1 N–H and O–H groups in total. The van der Waals surface area contributed by atoms with Gasteiger partial charge in [-0.1, -0.05) is 25.5 Å². The van der Waals surface area contributed by atoms with Crippen LogP contribution in [0.5, 0.6) is 5.75 Å². The third-order valence-electron chi connectivity index (χ3n) is 4.74. The van der Waals surface area contributed by atoms with E-state index in [1.165, 1.54) is 28.3 Å². The normalized spacial score (nSPS) is 16.4. The molecule has 0 spiro atoms. The lowest BCUT2D eigenvalue weighted by molar-refractivity contribution is -0.126. The van der Waals surface area contributed by atoms with E-state index in [1.807, 2.05) is 12.1 Å². The number of hydrogen-bond donors (Lipinski definition) is 1. The number of rotatable bonds is 9. The summed E-state index contributed by atoms with van der Waals surface area (Å²) in [6.45, 7) is 3.75. The SMILES string of the molecule is CCCc1ccc(OCCNC(=O)C2CCN(S(=O)(=O)N(C)C)CC2)cc1. The second-order valence-electron chi connectivity index (χ2n) is 7.00. The van der Waals surface area contributed by atoms with Crippen LogP contribution in [0.1, 0.15) is 31.7 Å². The lowest BCUT2D eigenvalue weighted by Gasteiger charge is -2.32. The van der Waals surface area contributed by atoms with E-state index in [0.717, 1.165) is 18.6 Å². The highest BCUT2D eigenvalue weighted by Crippen LogP contribution is 2.20. The first kappa shape index (κ1) is 21.7.